The third kappa shape index (κ3) is 2.10. The summed E-state index contributed by atoms with van der Waals surface area (Å²) in [6.07, 6.45) is 0.873. The summed E-state index contributed by atoms with van der Waals surface area (Å²) in [5.74, 6) is -0.231. The average molecular weight is 205 g/mol. The summed E-state index contributed by atoms with van der Waals surface area (Å²) in [7, 11) is 0. The van der Waals surface area contributed by atoms with Crippen molar-refractivity contribution in [3.63, 3.8) is 0 Å². The fraction of sp³-hybridized carbons (Fsp3) is 0.364. The first-order valence-electron chi connectivity index (χ1n) is 5.04. The maximum Gasteiger partial charge on any atom is 0.234 e. The summed E-state index contributed by atoms with van der Waals surface area (Å²) in [6, 6.07) is 7.62. The first kappa shape index (κ1) is 9.98. The molecule has 1 aromatic rings. The molecule has 1 aliphatic heterocycles. The summed E-state index contributed by atoms with van der Waals surface area (Å²) in [5.41, 5.74) is 12.8. The lowest BCUT2D eigenvalue weighted by Crippen LogP contribution is -2.54. The van der Waals surface area contributed by atoms with Crippen molar-refractivity contribution in [2.75, 3.05) is 12.3 Å². The van der Waals surface area contributed by atoms with E-state index in [2.05, 4.69) is 4.90 Å². The fourth-order valence-corrected chi connectivity index (χ4v) is 1.88. The molecule has 80 valence electrons. The summed E-state index contributed by atoms with van der Waals surface area (Å²) < 4.78 is 0. The zero-order valence-electron chi connectivity index (χ0n) is 8.52. The predicted molar refractivity (Wildman–Crippen MR) is 58.9 cm³/mol. The predicted octanol–water partition coefficient (Wildman–Crippen LogP) is 0.328. The number of amides is 1. The van der Waals surface area contributed by atoms with E-state index < -0.39 is 0 Å². The van der Waals surface area contributed by atoms with E-state index in [0.717, 1.165) is 30.8 Å². The highest BCUT2D eigenvalue weighted by atomic mass is 16.1. The summed E-state index contributed by atoms with van der Waals surface area (Å²) in [6.45, 7) is 1.68. The number of carbonyl (C=O) groups is 1. The molecule has 1 saturated heterocycles. The Morgan fingerprint density at radius 1 is 1.53 bits per heavy atom. The molecule has 1 amide bonds. The number of nitrogens with zero attached hydrogens (tertiary/aromatic N) is 1. The molecular weight excluding hydrogens is 190 g/mol. The number of nitrogens with two attached hydrogens (primary N) is 2. The Kier molecular flexibility index (Phi) is 2.60. The molecule has 4 heteroatoms. The Morgan fingerprint density at radius 2 is 2.33 bits per heavy atom. The molecule has 0 saturated carbocycles. The molecule has 1 atom stereocenters. The van der Waals surface area contributed by atoms with Crippen LogP contribution in [0.2, 0.25) is 0 Å². The van der Waals surface area contributed by atoms with Crippen LogP contribution in [0.1, 0.15) is 12.0 Å². The third-order valence-electron chi connectivity index (χ3n) is 2.80. The summed E-state index contributed by atoms with van der Waals surface area (Å²) in [5, 5.41) is 0. The Hall–Kier alpha value is -1.55. The molecule has 1 heterocycles. The monoisotopic (exact) mass is 205 g/mol. The second-order valence-electron chi connectivity index (χ2n) is 3.92. The summed E-state index contributed by atoms with van der Waals surface area (Å²) in [4.78, 5) is 13.1. The number of likely N-dealkylation sites (tertiary alicyclic amines) is 1. The molecule has 4 nitrogen and oxygen atoms in total. The van der Waals surface area contributed by atoms with Crippen LogP contribution in [0.4, 0.5) is 5.69 Å². The summed E-state index contributed by atoms with van der Waals surface area (Å²) >= 11 is 0. The van der Waals surface area contributed by atoms with Gasteiger partial charge >= 0.3 is 0 Å². The number of carbonyl (C=O) groups excluding carboxylic acids is 1. The van der Waals surface area contributed by atoms with Gasteiger partial charge in [0.25, 0.3) is 0 Å². The number of nitrogen functional groups attached to an aromatic ring is 1. The van der Waals surface area contributed by atoms with Crippen LogP contribution < -0.4 is 11.5 Å². The van der Waals surface area contributed by atoms with E-state index in [1.165, 1.54) is 0 Å². The molecule has 0 aromatic heterocycles. The number of hydrogen-bond acceptors (Lipinski definition) is 3. The zero-order chi connectivity index (χ0) is 10.8. The highest BCUT2D eigenvalue weighted by Crippen LogP contribution is 2.20. The Labute approximate surface area is 88.9 Å². The minimum Gasteiger partial charge on any atom is -0.399 e. The van der Waals surface area contributed by atoms with Gasteiger partial charge in [0, 0.05) is 18.8 Å². The lowest BCUT2D eigenvalue weighted by atomic mass is 10.0. The lowest BCUT2D eigenvalue weighted by molar-refractivity contribution is -0.127. The van der Waals surface area contributed by atoms with Gasteiger partial charge < -0.3 is 11.5 Å². The van der Waals surface area contributed by atoms with E-state index in [1.807, 2.05) is 24.3 Å². The second kappa shape index (κ2) is 3.90. The van der Waals surface area contributed by atoms with Crippen LogP contribution in [0.15, 0.2) is 24.3 Å². The molecule has 0 aliphatic carbocycles. The van der Waals surface area contributed by atoms with Gasteiger partial charge in [-0.15, -0.1) is 0 Å². The number of anilines is 1. The smallest absolute Gasteiger partial charge is 0.234 e. The van der Waals surface area contributed by atoms with Crippen LogP contribution in [-0.4, -0.2) is 23.4 Å². The minimum atomic E-state index is -0.231. The van der Waals surface area contributed by atoms with Gasteiger partial charge in [-0.3, -0.25) is 9.69 Å². The minimum absolute atomic E-state index is 0.0913. The lowest BCUT2D eigenvalue weighted by Gasteiger charge is -2.38. The van der Waals surface area contributed by atoms with Gasteiger partial charge in [0.2, 0.25) is 5.91 Å². The van der Waals surface area contributed by atoms with Crippen molar-refractivity contribution < 1.29 is 4.79 Å². The molecular formula is C11H15N3O. The van der Waals surface area contributed by atoms with Crippen molar-refractivity contribution in [2.24, 2.45) is 5.73 Å². The van der Waals surface area contributed by atoms with Gasteiger partial charge in [0.05, 0.1) is 6.04 Å². The molecule has 0 radical (unpaired) electrons. The van der Waals surface area contributed by atoms with Gasteiger partial charge in [0.15, 0.2) is 0 Å². The molecule has 0 bridgehead atoms. The van der Waals surface area contributed by atoms with E-state index in [0.29, 0.717) is 0 Å². The molecule has 1 unspecified atom stereocenters. The van der Waals surface area contributed by atoms with Crippen molar-refractivity contribution in [2.45, 2.75) is 19.0 Å². The molecule has 1 fully saturated rings. The second-order valence-corrected chi connectivity index (χ2v) is 3.92. The van der Waals surface area contributed by atoms with Crippen LogP contribution in [0.5, 0.6) is 0 Å². The standard InChI is InChI=1S/C11H15N3O/c12-9-3-1-2-8(6-9)7-14-5-4-10(14)11(13)15/h1-3,6,10H,4-5,7,12H2,(H2,13,15). The van der Waals surface area contributed by atoms with E-state index in [4.69, 9.17) is 11.5 Å². The van der Waals surface area contributed by atoms with Crippen molar-refractivity contribution >= 4 is 11.6 Å². The third-order valence-corrected chi connectivity index (χ3v) is 2.80. The molecule has 1 aromatic carbocycles. The van der Waals surface area contributed by atoms with E-state index in [-0.39, 0.29) is 11.9 Å². The van der Waals surface area contributed by atoms with Crippen LogP contribution in [0.3, 0.4) is 0 Å². The van der Waals surface area contributed by atoms with Crippen LogP contribution in [0.25, 0.3) is 0 Å². The van der Waals surface area contributed by atoms with Crippen LogP contribution >= 0.6 is 0 Å². The van der Waals surface area contributed by atoms with Crippen molar-refractivity contribution in [1.82, 2.24) is 4.90 Å². The van der Waals surface area contributed by atoms with Crippen LogP contribution in [0, 0.1) is 0 Å². The first-order chi connectivity index (χ1) is 7.16. The highest BCUT2D eigenvalue weighted by molar-refractivity contribution is 5.80. The maximum atomic E-state index is 11.0. The Morgan fingerprint density at radius 3 is 2.87 bits per heavy atom. The van der Waals surface area contributed by atoms with Gasteiger partial charge in [-0.25, -0.2) is 0 Å². The van der Waals surface area contributed by atoms with Gasteiger partial charge in [-0.2, -0.15) is 0 Å². The number of rotatable bonds is 3. The Bertz CT molecular complexity index is 378. The average Bonchev–Trinajstić information content (AvgIpc) is 2.11. The SMILES string of the molecule is NC(=O)C1CCN1Cc1cccc(N)c1. The molecule has 2 rings (SSSR count). The zero-order valence-corrected chi connectivity index (χ0v) is 8.52. The molecule has 0 spiro atoms. The van der Waals surface area contributed by atoms with Crippen molar-refractivity contribution in [3.05, 3.63) is 29.8 Å². The quantitative estimate of drug-likeness (QED) is 0.698. The molecule has 4 N–H and O–H groups in total. The van der Waals surface area contributed by atoms with E-state index in [9.17, 15) is 4.79 Å². The Balaban J connectivity index is 2.00. The maximum absolute atomic E-state index is 11.0. The van der Waals surface area contributed by atoms with Gasteiger partial charge in [-0.1, -0.05) is 12.1 Å². The first-order valence-corrected chi connectivity index (χ1v) is 5.04. The largest absolute Gasteiger partial charge is 0.399 e. The number of hydrogen-bond donors (Lipinski definition) is 2. The molecule has 15 heavy (non-hydrogen) atoms. The van der Waals surface area contributed by atoms with Gasteiger partial charge in [0.1, 0.15) is 0 Å². The van der Waals surface area contributed by atoms with E-state index >= 15 is 0 Å². The van der Waals surface area contributed by atoms with E-state index in [1.54, 1.807) is 0 Å². The van der Waals surface area contributed by atoms with Gasteiger partial charge in [-0.05, 0) is 24.1 Å². The molecule has 1 aliphatic rings. The fourth-order valence-electron chi connectivity index (χ4n) is 1.88. The van der Waals surface area contributed by atoms with Crippen molar-refractivity contribution in [3.8, 4) is 0 Å². The normalized spacial score (nSPS) is 20.9. The topological polar surface area (TPSA) is 72.4 Å². The van der Waals surface area contributed by atoms with Crippen molar-refractivity contribution in [1.29, 1.82) is 0 Å². The number of benzene rings is 1. The number of primary amides is 1. The van der Waals surface area contributed by atoms with Crippen LogP contribution in [-0.2, 0) is 11.3 Å². The highest BCUT2D eigenvalue weighted by Gasteiger charge is 2.32.